The summed E-state index contributed by atoms with van der Waals surface area (Å²) in [7, 11) is 0. The molecule has 0 aromatic heterocycles. The number of hydrogen-bond donors (Lipinski definition) is 1. The summed E-state index contributed by atoms with van der Waals surface area (Å²) in [5, 5.41) is 3.43. The standard InChI is InChI=1S/C13H17NS.ClH/c1-2-9-15-13-4-3-11-5-7-14-8-6-12(11)10-13;/h2-4,10,14H,1,5-9H2;1H. The smallest absolute Gasteiger partial charge is 0.0158 e. The Bertz CT molecular complexity index is 352. The third-order valence-electron chi connectivity index (χ3n) is 2.69. The molecule has 88 valence electrons. The molecule has 16 heavy (non-hydrogen) atoms. The summed E-state index contributed by atoms with van der Waals surface area (Å²) in [5.74, 6) is 0.997. The van der Waals surface area contributed by atoms with E-state index in [-0.39, 0.29) is 12.4 Å². The number of benzene rings is 1. The largest absolute Gasteiger partial charge is 0.316 e. The molecule has 0 bridgehead atoms. The zero-order valence-electron chi connectivity index (χ0n) is 9.37. The fourth-order valence-corrected chi connectivity index (χ4v) is 2.60. The number of halogens is 1. The van der Waals surface area contributed by atoms with Crippen molar-refractivity contribution in [2.24, 2.45) is 0 Å². The minimum Gasteiger partial charge on any atom is -0.316 e. The summed E-state index contributed by atoms with van der Waals surface area (Å²) in [4.78, 5) is 1.37. The first-order chi connectivity index (χ1) is 7.40. The molecule has 1 aromatic rings. The average molecular weight is 256 g/mol. The third kappa shape index (κ3) is 3.55. The van der Waals surface area contributed by atoms with Crippen molar-refractivity contribution in [2.45, 2.75) is 17.7 Å². The molecule has 1 N–H and O–H groups in total. The second kappa shape index (κ2) is 7.00. The van der Waals surface area contributed by atoms with Crippen molar-refractivity contribution in [2.75, 3.05) is 18.8 Å². The Morgan fingerprint density at radius 2 is 2.00 bits per heavy atom. The normalized spacial score (nSPS) is 14.5. The topological polar surface area (TPSA) is 12.0 Å². The van der Waals surface area contributed by atoms with Gasteiger partial charge in [0.2, 0.25) is 0 Å². The van der Waals surface area contributed by atoms with Crippen molar-refractivity contribution in [1.29, 1.82) is 0 Å². The van der Waals surface area contributed by atoms with Gasteiger partial charge in [-0.1, -0.05) is 12.1 Å². The van der Waals surface area contributed by atoms with Crippen molar-refractivity contribution in [1.82, 2.24) is 5.32 Å². The lowest BCUT2D eigenvalue weighted by Gasteiger charge is -2.07. The number of nitrogens with one attached hydrogen (secondary N) is 1. The number of hydrogen-bond acceptors (Lipinski definition) is 2. The van der Waals surface area contributed by atoms with Crippen molar-refractivity contribution in [3.63, 3.8) is 0 Å². The maximum atomic E-state index is 3.75. The second-order valence-electron chi connectivity index (χ2n) is 3.78. The molecule has 0 saturated heterocycles. The molecule has 0 atom stereocenters. The molecule has 0 aliphatic carbocycles. The Labute approximate surface area is 108 Å². The van der Waals surface area contributed by atoms with Crippen LogP contribution in [0.4, 0.5) is 0 Å². The van der Waals surface area contributed by atoms with Crippen LogP contribution in [0.2, 0.25) is 0 Å². The summed E-state index contributed by atoms with van der Waals surface area (Å²) in [6.07, 6.45) is 4.29. The fourth-order valence-electron chi connectivity index (χ4n) is 1.89. The zero-order chi connectivity index (χ0) is 10.5. The molecule has 0 fully saturated rings. The predicted molar refractivity (Wildman–Crippen MR) is 74.9 cm³/mol. The third-order valence-corrected chi connectivity index (χ3v) is 3.68. The molecule has 3 heteroatoms. The first-order valence-corrected chi connectivity index (χ1v) is 6.45. The Balaban J connectivity index is 0.00000128. The van der Waals surface area contributed by atoms with Crippen LogP contribution in [0.1, 0.15) is 11.1 Å². The Morgan fingerprint density at radius 1 is 1.25 bits per heavy atom. The molecule has 0 radical (unpaired) electrons. The molecule has 0 saturated carbocycles. The van der Waals surface area contributed by atoms with Crippen LogP contribution in [0.5, 0.6) is 0 Å². The van der Waals surface area contributed by atoms with Gasteiger partial charge in [0.25, 0.3) is 0 Å². The number of rotatable bonds is 3. The van der Waals surface area contributed by atoms with Gasteiger partial charge < -0.3 is 5.32 Å². The molecule has 1 nitrogen and oxygen atoms in total. The van der Waals surface area contributed by atoms with Crippen molar-refractivity contribution in [3.8, 4) is 0 Å². The minimum absolute atomic E-state index is 0. The van der Waals surface area contributed by atoms with E-state index in [0.29, 0.717) is 0 Å². The highest BCUT2D eigenvalue weighted by molar-refractivity contribution is 7.99. The summed E-state index contributed by atoms with van der Waals surface area (Å²) >= 11 is 1.86. The Morgan fingerprint density at radius 3 is 2.75 bits per heavy atom. The van der Waals surface area contributed by atoms with E-state index in [1.165, 1.54) is 22.4 Å². The van der Waals surface area contributed by atoms with Crippen LogP contribution in [0.15, 0.2) is 35.7 Å². The predicted octanol–water partition coefficient (Wildman–Crippen LogP) is 3.07. The lowest BCUT2D eigenvalue weighted by atomic mass is 10.0. The van der Waals surface area contributed by atoms with Crippen molar-refractivity contribution in [3.05, 3.63) is 42.0 Å². The van der Waals surface area contributed by atoms with Gasteiger partial charge in [0.1, 0.15) is 0 Å². The Kier molecular flexibility index (Phi) is 5.96. The van der Waals surface area contributed by atoms with E-state index >= 15 is 0 Å². The zero-order valence-corrected chi connectivity index (χ0v) is 11.0. The molecular formula is C13H18ClNS. The lowest BCUT2D eigenvalue weighted by Crippen LogP contribution is -2.16. The summed E-state index contributed by atoms with van der Waals surface area (Å²) in [5.41, 5.74) is 3.04. The number of fused-ring (bicyclic) bond motifs is 1. The van der Waals surface area contributed by atoms with Gasteiger partial charge in [-0.2, -0.15) is 0 Å². The quantitative estimate of drug-likeness (QED) is 0.658. The molecule has 2 rings (SSSR count). The summed E-state index contributed by atoms with van der Waals surface area (Å²) in [6.45, 7) is 5.98. The van der Waals surface area contributed by atoms with E-state index < -0.39 is 0 Å². The van der Waals surface area contributed by atoms with Gasteiger partial charge in [-0.15, -0.1) is 30.7 Å². The maximum absolute atomic E-state index is 3.75. The van der Waals surface area contributed by atoms with Gasteiger partial charge >= 0.3 is 0 Å². The first kappa shape index (κ1) is 13.6. The van der Waals surface area contributed by atoms with E-state index in [4.69, 9.17) is 0 Å². The maximum Gasteiger partial charge on any atom is 0.0158 e. The molecule has 1 aliphatic rings. The van der Waals surface area contributed by atoms with Gasteiger partial charge in [-0.05, 0) is 49.2 Å². The Hall–Kier alpha value is -0.440. The van der Waals surface area contributed by atoms with Crippen LogP contribution in [0.25, 0.3) is 0 Å². The van der Waals surface area contributed by atoms with Crippen LogP contribution in [0.3, 0.4) is 0 Å². The fraction of sp³-hybridized carbons (Fsp3) is 0.385. The second-order valence-corrected chi connectivity index (χ2v) is 4.87. The average Bonchev–Trinajstić information content (AvgIpc) is 2.50. The van der Waals surface area contributed by atoms with Gasteiger partial charge in [0.15, 0.2) is 0 Å². The van der Waals surface area contributed by atoms with E-state index in [1.54, 1.807) is 0 Å². The van der Waals surface area contributed by atoms with Crippen LogP contribution in [-0.2, 0) is 12.8 Å². The first-order valence-electron chi connectivity index (χ1n) is 5.46. The molecule has 0 amide bonds. The van der Waals surface area contributed by atoms with Crippen LogP contribution in [0, 0.1) is 0 Å². The highest BCUT2D eigenvalue weighted by Crippen LogP contribution is 2.23. The highest BCUT2D eigenvalue weighted by Gasteiger charge is 2.07. The molecule has 1 aliphatic heterocycles. The monoisotopic (exact) mass is 255 g/mol. The van der Waals surface area contributed by atoms with E-state index in [9.17, 15) is 0 Å². The number of thioether (sulfide) groups is 1. The molecule has 1 aromatic carbocycles. The van der Waals surface area contributed by atoms with Gasteiger partial charge in [-0.25, -0.2) is 0 Å². The summed E-state index contributed by atoms with van der Waals surface area (Å²) in [6, 6.07) is 6.86. The van der Waals surface area contributed by atoms with Crippen LogP contribution in [-0.4, -0.2) is 18.8 Å². The van der Waals surface area contributed by atoms with Gasteiger partial charge in [-0.3, -0.25) is 0 Å². The summed E-state index contributed by atoms with van der Waals surface area (Å²) < 4.78 is 0. The van der Waals surface area contributed by atoms with Crippen LogP contribution >= 0.6 is 24.2 Å². The van der Waals surface area contributed by atoms with E-state index in [0.717, 1.165) is 25.3 Å². The van der Waals surface area contributed by atoms with Crippen molar-refractivity contribution < 1.29 is 0 Å². The van der Waals surface area contributed by atoms with Crippen molar-refractivity contribution >= 4 is 24.2 Å². The molecular weight excluding hydrogens is 238 g/mol. The van der Waals surface area contributed by atoms with Crippen LogP contribution < -0.4 is 5.32 Å². The molecule has 0 unspecified atom stereocenters. The van der Waals surface area contributed by atoms with E-state index in [2.05, 4.69) is 30.1 Å². The highest BCUT2D eigenvalue weighted by atomic mass is 35.5. The minimum atomic E-state index is 0. The van der Waals surface area contributed by atoms with E-state index in [1.807, 2.05) is 17.8 Å². The molecule has 1 heterocycles. The molecule has 0 spiro atoms. The van der Waals surface area contributed by atoms with Gasteiger partial charge in [0.05, 0.1) is 0 Å². The SMILES string of the molecule is C=CCSc1ccc2c(c1)CCNCC2.Cl. The lowest BCUT2D eigenvalue weighted by molar-refractivity contribution is 0.711. The van der Waals surface area contributed by atoms with Gasteiger partial charge in [0, 0.05) is 10.6 Å².